The predicted molar refractivity (Wildman–Crippen MR) is 124 cm³/mol. The van der Waals surface area contributed by atoms with Gasteiger partial charge in [0.05, 0.1) is 5.92 Å². The summed E-state index contributed by atoms with van der Waals surface area (Å²) in [5.41, 5.74) is 8.01. The van der Waals surface area contributed by atoms with Gasteiger partial charge < -0.3 is 15.8 Å². The molecule has 4 N–H and O–H groups in total. The molecule has 9 heteroatoms. The molecular formula is C23H28F3N3O2S. The number of carbonyl (C=O) groups is 1. The van der Waals surface area contributed by atoms with E-state index >= 15 is 0 Å². The number of hydrogen-bond acceptors (Lipinski definition) is 4. The molecule has 0 aliphatic rings. The number of nitrogens with two attached hydrogens (primary N) is 1. The molecule has 174 valence electrons. The van der Waals surface area contributed by atoms with Gasteiger partial charge in [-0.25, -0.2) is 4.98 Å². The van der Waals surface area contributed by atoms with Crippen LogP contribution in [0.4, 0.5) is 13.2 Å². The number of rotatable bonds is 9. The summed E-state index contributed by atoms with van der Waals surface area (Å²) in [5, 5.41) is 9.67. The lowest BCUT2D eigenvalue weighted by Crippen LogP contribution is -2.30. The van der Waals surface area contributed by atoms with Crippen molar-refractivity contribution in [3.8, 4) is 11.1 Å². The van der Waals surface area contributed by atoms with Crippen molar-refractivity contribution >= 4 is 28.8 Å². The van der Waals surface area contributed by atoms with Crippen molar-refractivity contribution in [1.29, 1.82) is 0 Å². The van der Waals surface area contributed by atoms with Gasteiger partial charge in [0.1, 0.15) is 11.7 Å². The SMILES string of the molecule is CC.NC(CCSCCC(c1ccc(-c2cnc3[nH]ccc3c2)cc1)C(F)(F)F)C(=O)O. The Hall–Kier alpha value is -2.52. The van der Waals surface area contributed by atoms with Crippen LogP contribution in [0.2, 0.25) is 0 Å². The second kappa shape index (κ2) is 11.9. The van der Waals surface area contributed by atoms with E-state index in [1.54, 1.807) is 24.5 Å². The smallest absolute Gasteiger partial charge is 0.395 e. The fourth-order valence-electron chi connectivity index (χ4n) is 3.16. The van der Waals surface area contributed by atoms with Gasteiger partial charge >= 0.3 is 12.1 Å². The zero-order valence-electron chi connectivity index (χ0n) is 18.0. The number of benzene rings is 1. The van der Waals surface area contributed by atoms with E-state index in [1.165, 1.54) is 23.9 Å². The summed E-state index contributed by atoms with van der Waals surface area (Å²) in [7, 11) is 0. The molecule has 0 aliphatic heterocycles. The van der Waals surface area contributed by atoms with E-state index in [4.69, 9.17) is 10.8 Å². The lowest BCUT2D eigenvalue weighted by molar-refractivity contribution is -0.150. The third-order valence-corrected chi connectivity index (χ3v) is 5.93. The van der Waals surface area contributed by atoms with Crippen molar-refractivity contribution in [3.05, 3.63) is 54.4 Å². The van der Waals surface area contributed by atoms with Crippen molar-refractivity contribution in [1.82, 2.24) is 9.97 Å². The van der Waals surface area contributed by atoms with Crippen molar-refractivity contribution in [3.63, 3.8) is 0 Å². The molecule has 2 atom stereocenters. The fourth-order valence-corrected chi connectivity index (χ4v) is 4.19. The lowest BCUT2D eigenvalue weighted by Gasteiger charge is -2.21. The summed E-state index contributed by atoms with van der Waals surface area (Å²) in [5.74, 6) is -2.00. The minimum atomic E-state index is -4.36. The molecule has 5 nitrogen and oxygen atoms in total. The molecule has 2 unspecified atom stereocenters. The Bertz CT molecular complexity index is 990. The number of carboxylic acid groups (broad SMARTS) is 1. The molecule has 3 rings (SSSR count). The first kappa shape index (κ1) is 25.7. The largest absolute Gasteiger partial charge is 0.480 e. The molecule has 0 amide bonds. The Morgan fingerprint density at radius 2 is 1.78 bits per heavy atom. The van der Waals surface area contributed by atoms with Crippen LogP contribution in [0.15, 0.2) is 48.8 Å². The van der Waals surface area contributed by atoms with Crippen LogP contribution in [0.1, 0.15) is 38.2 Å². The monoisotopic (exact) mass is 467 g/mol. The van der Waals surface area contributed by atoms with Crippen molar-refractivity contribution in [2.75, 3.05) is 11.5 Å². The summed E-state index contributed by atoms with van der Waals surface area (Å²) in [6.07, 6.45) is -0.734. The zero-order chi connectivity index (χ0) is 23.7. The van der Waals surface area contributed by atoms with Crippen LogP contribution in [0.25, 0.3) is 22.2 Å². The number of aliphatic carboxylic acids is 1. The summed E-state index contributed by atoms with van der Waals surface area (Å²) < 4.78 is 40.8. The number of fused-ring (bicyclic) bond motifs is 1. The van der Waals surface area contributed by atoms with Gasteiger partial charge in [-0.2, -0.15) is 24.9 Å². The van der Waals surface area contributed by atoms with E-state index < -0.39 is 24.1 Å². The van der Waals surface area contributed by atoms with Crippen molar-refractivity contribution < 1.29 is 23.1 Å². The molecule has 0 fully saturated rings. The van der Waals surface area contributed by atoms with Gasteiger partial charge in [0.15, 0.2) is 0 Å². The highest BCUT2D eigenvalue weighted by Gasteiger charge is 2.40. The first-order valence-corrected chi connectivity index (χ1v) is 11.6. The quantitative estimate of drug-likeness (QED) is 0.345. The molecule has 0 aliphatic carbocycles. The number of aromatic amines is 1. The van der Waals surface area contributed by atoms with Gasteiger partial charge in [0, 0.05) is 23.3 Å². The summed E-state index contributed by atoms with van der Waals surface area (Å²) in [6, 6.07) is 9.24. The lowest BCUT2D eigenvalue weighted by atomic mass is 9.94. The summed E-state index contributed by atoms with van der Waals surface area (Å²) in [6.45, 7) is 4.00. The Morgan fingerprint density at radius 3 is 2.41 bits per heavy atom. The molecule has 32 heavy (non-hydrogen) atoms. The molecule has 1 aromatic carbocycles. The molecule has 0 bridgehead atoms. The molecule has 0 spiro atoms. The second-order valence-electron chi connectivity index (χ2n) is 6.99. The molecule has 0 saturated heterocycles. The molecule has 2 aromatic heterocycles. The number of hydrogen-bond donors (Lipinski definition) is 3. The third kappa shape index (κ3) is 7.00. The highest BCUT2D eigenvalue weighted by Crippen LogP contribution is 2.39. The van der Waals surface area contributed by atoms with Crippen LogP contribution in [0.5, 0.6) is 0 Å². The molecule has 2 heterocycles. The van der Waals surface area contributed by atoms with Crippen LogP contribution >= 0.6 is 11.8 Å². The van der Waals surface area contributed by atoms with E-state index in [9.17, 15) is 18.0 Å². The van der Waals surface area contributed by atoms with Crippen LogP contribution in [-0.2, 0) is 4.79 Å². The summed E-state index contributed by atoms with van der Waals surface area (Å²) >= 11 is 1.29. The molecule has 0 saturated carbocycles. The van der Waals surface area contributed by atoms with Gasteiger partial charge in [-0.05, 0) is 47.6 Å². The number of aromatic nitrogens is 2. The number of alkyl halides is 3. The normalized spacial score (nSPS) is 13.3. The maximum absolute atomic E-state index is 13.6. The highest BCUT2D eigenvalue weighted by molar-refractivity contribution is 7.99. The Labute approximate surface area is 189 Å². The number of halogens is 3. The molecule has 3 aromatic rings. The zero-order valence-corrected chi connectivity index (χ0v) is 18.8. The van der Waals surface area contributed by atoms with Gasteiger partial charge in [-0.1, -0.05) is 38.1 Å². The molecular weight excluding hydrogens is 439 g/mol. The second-order valence-corrected chi connectivity index (χ2v) is 8.21. The van der Waals surface area contributed by atoms with E-state index in [0.29, 0.717) is 5.75 Å². The van der Waals surface area contributed by atoms with Crippen LogP contribution in [-0.4, -0.2) is 44.8 Å². The van der Waals surface area contributed by atoms with Crippen molar-refractivity contribution in [2.45, 2.75) is 44.8 Å². The maximum Gasteiger partial charge on any atom is 0.395 e. The highest BCUT2D eigenvalue weighted by atomic mass is 32.2. The Morgan fingerprint density at radius 1 is 1.12 bits per heavy atom. The topological polar surface area (TPSA) is 92.0 Å². The fraction of sp³-hybridized carbons (Fsp3) is 0.391. The van der Waals surface area contributed by atoms with Crippen molar-refractivity contribution in [2.24, 2.45) is 5.73 Å². The van der Waals surface area contributed by atoms with Gasteiger partial charge in [-0.15, -0.1) is 0 Å². The maximum atomic E-state index is 13.6. The van der Waals surface area contributed by atoms with E-state index in [2.05, 4.69) is 9.97 Å². The standard InChI is InChI=1S/C21H22F3N3O2S.C2H6/c22-21(23,24)17(6-9-30-10-7-18(25)20(28)29)14-3-1-13(2-4-14)16-11-15-5-8-26-19(15)27-12-16;1-2/h1-5,8,11-12,17-18H,6-7,9-10,25H2,(H,26,27)(H,28,29);1-2H3. The van der Waals surface area contributed by atoms with Crippen LogP contribution < -0.4 is 5.73 Å². The number of nitrogens with zero attached hydrogens (tertiary/aromatic N) is 1. The number of carboxylic acids is 1. The number of H-pyrrole nitrogens is 1. The van der Waals surface area contributed by atoms with E-state index in [-0.39, 0.29) is 24.2 Å². The average molecular weight is 468 g/mol. The number of nitrogens with one attached hydrogen (secondary N) is 1. The van der Waals surface area contributed by atoms with Gasteiger partial charge in [0.2, 0.25) is 0 Å². The summed E-state index contributed by atoms with van der Waals surface area (Å²) in [4.78, 5) is 18.0. The number of pyridine rings is 1. The van der Waals surface area contributed by atoms with E-state index in [1.807, 2.05) is 26.0 Å². The van der Waals surface area contributed by atoms with Crippen LogP contribution in [0.3, 0.4) is 0 Å². The van der Waals surface area contributed by atoms with E-state index in [0.717, 1.165) is 22.2 Å². The predicted octanol–water partition coefficient (Wildman–Crippen LogP) is 5.83. The molecule has 0 radical (unpaired) electrons. The first-order chi connectivity index (χ1) is 15.3. The average Bonchev–Trinajstić information content (AvgIpc) is 3.24. The van der Waals surface area contributed by atoms with Crippen LogP contribution in [0, 0.1) is 0 Å². The first-order valence-electron chi connectivity index (χ1n) is 10.4. The minimum absolute atomic E-state index is 0.0767. The number of thioether (sulfide) groups is 1. The van der Waals surface area contributed by atoms with Gasteiger partial charge in [0.25, 0.3) is 0 Å². The Kier molecular flexibility index (Phi) is 9.59. The Balaban J connectivity index is 0.00000176. The third-order valence-electron chi connectivity index (χ3n) is 4.88. The minimum Gasteiger partial charge on any atom is -0.480 e. The van der Waals surface area contributed by atoms with Gasteiger partial charge in [-0.3, -0.25) is 4.79 Å².